The molecule has 0 spiro atoms. The molecule has 0 N–H and O–H groups in total. The van der Waals surface area contributed by atoms with Crippen molar-refractivity contribution in [2.24, 2.45) is 0 Å². The highest BCUT2D eigenvalue weighted by atomic mass is 16.5. The highest BCUT2D eigenvalue weighted by molar-refractivity contribution is 5.93. The first-order valence-electron chi connectivity index (χ1n) is 7.42. The minimum Gasteiger partial charge on any atom is -0.461 e. The fourth-order valence-electron chi connectivity index (χ4n) is 2.76. The quantitative estimate of drug-likeness (QED) is 0.812. The molecule has 1 aromatic heterocycles. The minimum absolute atomic E-state index is 0.362. The fraction of sp³-hybridized carbons (Fsp3) is 0.412. The van der Waals surface area contributed by atoms with Crippen LogP contribution in [0.4, 0.5) is 0 Å². The molecule has 21 heavy (non-hydrogen) atoms. The van der Waals surface area contributed by atoms with E-state index in [2.05, 4.69) is 23.2 Å². The van der Waals surface area contributed by atoms with Crippen LogP contribution in [-0.2, 0) is 9.47 Å². The summed E-state index contributed by atoms with van der Waals surface area (Å²) >= 11 is 0. The van der Waals surface area contributed by atoms with Crippen LogP contribution in [0, 0.1) is 0 Å². The van der Waals surface area contributed by atoms with Crippen LogP contribution in [0.1, 0.15) is 41.7 Å². The summed E-state index contributed by atoms with van der Waals surface area (Å²) in [6.07, 6.45) is 3.85. The number of carbonyl (C=O) groups excluding carboxylic acids is 1. The van der Waals surface area contributed by atoms with Crippen molar-refractivity contribution in [3.8, 4) is 0 Å². The second-order valence-corrected chi connectivity index (χ2v) is 5.28. The van der Waals surface area contributed by atoms with Crippen LogP contribution in [0.15, 0.2) is 30.5 Å². The average molecular weight is 285 g/mol. The molecular weight excluding hydrogens is 266 g/mol. The molecule has 0 unspecified atom stereocenters. The van der Waals surface area contributed by atoms with Gasteiger partial charge in [-0.05, 0) is 42.7 Å². The Labute approximate surface area is 124 Å². The van der Waals surface area contributed by atoms with E-state index in [4.69, 9.17) is 9.47 Å². The molecule has 0 bridgehead atoms. The maximum Gasteiger partial charge on any atom is 0.356 e. The van der Waals surface area contributed by atoms with Gasteiger partial charge in [0.2, 0.25) is 0 Å². The predicted octanol–water partition coefficient (Wildman–Crippen LogP) is 3.31. The number of esters is 1. The van der Waals surface area contributed by atoms with Gasteiger partial charge in [0.05, 0.1) is 6.61 Å². The number of hydrogen-bond acceptors (Lipinski definition) is 4. The fourth-order valence-corrected chi connectivity index (χ4v) is 2.76. The normalized spacial score (nSPS) is 16.0. The summed E-state index contributed by atoms with van der Waals surface area (Å²) in [5.74, 6) is 0.179. The zero-order chi connectivity index (χ0) is 14.7. The third-order valence-corrected chi connectivity index (χ3v) is 3.92. The maximum atomic E-state index is 11.8. The Balaban J connectivity index is 1.93. The van der Waals surface area contributed by atoms with Gasteiger partial charge in [-0.15, -0.1) is 0 Å². The number of rotatable bonds is 3. The molecule has 0 saturated carbocycles. The minimum atomic E-state index is -0.365. The lowest BCUT2D eigenvalue weighted by Crippen LogP contribution is -2.14. The van der Waals surface area contributed by atoms with Crippen molar-refractivity contribution in [1.82, 2.24) is 4.98 Å². The van der Waals surface area contributed by atoms with Gasteiger partial charge in [-0.3, -0.25) is 0 Å². The first kappa shape index (κ1) is 14.0. The number of aromatic nitrogens is 1. The maximum absolute atomic E-state index is 11.8. The smallest absolute Gasteiger partial charge is 0.356 e. The number of carbonyl (C=O) groups is 1. The second kappa shape index (κ2) is 6.22. The number of fused-ring (bicyclic) bond motifs is 1. The number of benzene rings is 1. The van der Waals surface area contributed by atoms with Crippen molar-refractivity contribution in [2.45, 2.75) is 25.7 Å². The number of nitrogens with zero attached hydrogens (tertiary/aromatic N) is 1. The topological polar surface area (TPSA) is 48.4 Å². The molecule has 0 amide bonds. The monoisotopic (exact) mass is 285 g/mol. The van der Waals surface area contributed by atoms with Gasteiger partial charge in [0, 0.05) is 24.8 Å². The molecule has 0 radical (unpaired) electrons. The van der Waals surface area contributed by atoms with Crippen LogP contribution in [0.3, 0.4) is 0 Å². The third kappa shape index (κ3) is 3.05. The second-order valence-electron chi connectivity index (χ2n) is 5.28. The van der Waals surface area contributed by atoms with Gasteiger partial charge in [0.1, 0.15) is 5.69 Å². The van der Waals surface area contributed by atoms with E-state index in [9.17, 15) is 4.79 Å². The van der Waals surface area contributed by atoms with Crippen LogP contribution in [-0.4, -0.2) is 30.8 Å². The molecule has 4 nitrogen and oxygen atoms in total. The van der Waals surface area contributed by atoms with E-state index in [0.717, 1.165) is 36.8 Å². The standard InChI is InChI=1S/C17H19NO3/c1-2-21-17(19)16-10-15-9-13(3-4-14(15)11-18-16)12-5-7-20-8-6-12/h3-4,9-12H,2,5-8H2,1H3. The van der Waals surface area contributed by atoms with Gasteiger partial charge in [0.15, 0.2) is 0 Å². The molecular formula is C17H19NO3. The largest absolute Gasteiger partial charge is 0.461 e. The van der Waals surface area contributed by atoms with Crippen molar-refractivity contribution in [3.05, 3.63) is 41.7 Å². The molecule has 0 atom stereocenters. The molecule has 1 aliphatic heterocycles. The summed E-state index contributed by atoms with van der Waals surface area (Å²) in [6.45, 7) is 3.81. The highest BCUT2D eigenvalue weighted by Gasteiger charge is 2.16. The Morgan fingerprint density at radius 3 is 2.86 bits per heavy atom. The van der Waals surface area contributed by atoms with Crippen LogP contribution >= 0.6 is 0 Å². The van der Waals surface area contributed by atoms with Gasteiger partial charge in [-0.25, -0.2) is 9.78 Å². The molecule has 0 aliphatic carbocycles. The molecule has 3 rings (SSSR count). The summed E-state index contributed by atoms with van der Waals surface area (Å²) in [5, 5.41) is 2.08. The Hall–Kier alpha value is -1.94. The van der Waals surface area contributed by atoms with E-state index in [1.807, 2.05) is 6.07 Å². The average Bonchev–Trinajstić information content (AvgIpc) is 2.55. The van der Waals surface area contributed by atoms with E-state index in [-0.39, 0.29) is 5.97 Å². The van der Waals surface area contributed by atoms with Gasteiger partial charge < -0.3 is 9.47 Å². The summed E-state index contributed by atoms with van der Waals surface area (Å²) in [5.41, 5.74) is 1.68. The highest BCUT2D eigenvalue weighted by Crippen LogP contribution is 2.29. The Bertz CT molecular complexity index is 648. The van der Waals surface area contributed by atoms with Crippen LogP contribution in [0.2, 0.25) is 0 Å². The Morgan fingerprint density at radius 2 is 2.10 bits per heavy atom. The SMILES string of the molecule is CCOC(=O)c1cc2cc(C3CCOCC3)ccc2cn1. The van der Waals surface area contributed by atoms with Crippen molar-refractivity contribution in [1.29, 1.82) is 0 Å². The van der Waals surface area contributed by atoms with E-state index in [0.29, 0.717) is 18.2 Å². The summed E-state index contributed by atoms with van der Waals surface area (Å²) in [4.78, 5) is 15.9. The lowest BCUT2D eigenvalue weighted by molar-refractivity contribution is 0.0519. The molecule has 110 valence electrons. The van der Waals surface area contributed by atoms with Crippen molar-refractivity contribution in [2.75, 3.05) is 19.8 Å². The molecule has 1 aromatic carbocycles. The summed E-state index contributed by atoms with van der Waals surface area (Å²) in [7, 11) is 0. The van der Waals surface area contributed by atoms with E-state index >= 15 is 0 Å². The molecule has 4 heteroatoms. The molecule has 1 fully saturated rings. The van der Waals surface area contributed by atoms with Crippen LogP contribution in [0.25, 0.3) is 10.8 Å². The summed E-state index contributed by atoms with van der Waals surface area (Å²) < 4.78 is 10.4. The molecule has 1 saturated heterocycles. The van der Waals surface area contributed by atoms with Crippen LogP contribution < -0.4 is 0 Å². The van der Waals surface area contributed by atoms with E-state index < -0.39 is 0 Å². The third-order valence-electron chi connectivity index (χ3n) is 3.92. The van der Waals surface area contributed by atoms with Crippen molar-refractivity contribution in [3.63, 3.8) is 0 Å². The van der Waals surface area contributed by atoms with Gasteiger partial charge >= 0.3 is 5.97 Å². The van der Waals surface area contributed by atoms with Crippen LogP contribution in [0.5, 0.6) is 0 Å². The number of hydrogen-bond donors (Lipinski definition) is 0. The predicted molar refractivity (Wildman–Crippen MR) is 80.5 cm³/mol. The van der Waals surface area contributed by atoms with Crippen molar-refractivity contribution >= 4 is 16.7 Å². The molecule has 2 aromatic rings. The summed E-state index contributed by atoms with van der Waals surface area (Å²) in [6, 6.07) is 8.21. The lowest BCUT2D eigenvalue weighted by Gasteiger charge is -2.22. The van der Waals surface area contributed by atoms with Gasteiger partial charge in [-0.2, -0.15) is 0 Å². The Kier molecular flexibility index (Phi) is 4.15. The van der Waals surface area contributed by atoms with Gasteiger partial charge in [-0.1, -0.05) is 18.2 Å². The lowest BCUT2D eigenvalue weighted by atomic mass is 9.90. The van der Waals surface area contributed by atoms with E-state index in [1.54, 1.807) is 13.1 Å². The first-order chi connectivity index (χ1) is 10.3. The Morgan fingerprint density at radius 1 is 1.29 bits per heavy atom. The zero-order valence-electron chi connectivity index (χ0n) is 12.2. The zero-order valence-corrected chi connectivity index (χ0v) is 12.2. The number of ether oxygens (including phenoxy) is 2. The van der Waals surface area contributed by atoms with Crippen molar-refractivity contribution < 1.29 is 14.3 Å². The molecule has 1 aliphatic rings. The van der Waals surface area contributed by atoms with E-state index in [1.165, 1.54) is 5.56 Å². The molecule has 2 heterocycles. The first-order valence-corrected chi connectivity index (χ1v) is 7.42. The van der Waals surface area contributed by atoms with Gasteiger partial charge in [0.25, 0.3) is 0 Å². The number of pyridine rings is 1.